The Hall–Kier alpha value is -2.06. The highest BCUT2D eigenvalue weighted by Gasteiger charge is 2.49. The second-order valence-corrected chi connectivity index (χ2v) is 11.7. The number of benzene rings is 1. The third-order valence-electron chi connectivity index (χ3n) is 6.42. The average molecular weight is 564 g/mol. The highest BCUT2D eigenvalue weighted by Crippen LogP contribution is 2.42. The molecule has 2 unspecified atom stereocenters. The molecule has 2 aromatic rings. The Morgan fingerprint density at radius 2 is 2.08 bits per heavy atom. The topological polar surface area (TPSA) is 67.8 Å². The van der Waals surface area contributed by atoms with Crippen molar-refractivity contribution in [3.8, 4) is 0 Å². The van der Waals surface area contributed by atoms with Crippen LogP contribution >= 0.6 is 46.3 Å². The summed E-state index contributed by atoms with van der Waals surface area (Å²) >= 11 is 14.9. The average Bonchev–Trinajstić information content (AvgIpc) is 3.57. The van der Waals surface area contributed by atoms with Crippen LogP contribution in [0.5, 0.6) is 0 Å². The summed E-state index contributed by atoms with van der Waals surface area (Å²) < 4.78 is 5.78. The van der Waals surface area contributed by atoms with E-state index in [1.54, 1.807) is 18.2 Å². The van der Waals surface area contributed by atoms with Crippen LogP contribution < -0.4 is 5.32 Å². The van der Waals surface area contributed by atoms with Gasteiger partial charge in [0.2, 0.25) is 5.91 Å². The molecule has 36 heavy (non-hydrogen) atoms. The van der Waals surface area contributed by atoms with Gasteiger partial charge in [-0.05, 0) is 72.3 Å². The number of allylic oxidation sites excluding steroid dienone is 3. The van der Waals surface area contributed by atoms with Crippen LogP contribution in [-0.4, -0.2) is 29.9 Å². The van der Waals surface area contributed by atoms with E-state index in [0.717, 1.165) is 17.3 Å². The van der Waals surface area contributed by atoms with Crippen molar-refractivity contribution in [3.05, 3.63) is 74.6 Å². The van der Waals surface area contributed by atoms with E-state index in [4.69, 9.17) is 27.9 Å². The van der Waals surface area contributed by atoms with Crippen LogP contribution in [0, 0.1) is 5.92 Å². The van der Waals surface area contributed by atoms with Gasteiger partial charge >= 0.3 is 0 Å². The monoisotopic (exact) mass is 562 g/mol. The summed E-state index contributed by atoms with van der Waals surface area (Å²) in [5.74, 6) is -0.0324. The van der Waals surface area contributed by atoms with E-state index >= 15 is 0 Å². The molecule has 1 aromatic carbocycles. The Morgan fingerprint density at radius 3 is 2.75 bits per heavy atom. The third-order valence-corrected chi connectivity index (χ3v) is 9.08. The van der Waals surface area contributed by atoms with Crippen molar-refractivity contribution in [2.24, 2.45) is 10.9 Å². The van der Waals surface area contributed by atoms with Crippen molar-refractivity contribution >= 4 is 64.4 Å². The fourth-order valence-corrected chi connectivity index (χ4v) is 6.78. The number of carbonyl (C=O) groups is 2. The molecule has 4 rings (SSSR count). The van der Waals surface area contributed by atoms with Crippen LogP contribution in [0.15, 0.2) is 68.8 Å². The second kappa shape index (κ2) is 12.5. The molecule has 2 aliphatic rings. The Kier molecular flexibility index (Phi) is 9.34. The highest BCUT2D eigenvalue weighted by atomic mass is 35.5. The maximum Gasteiger partial charge on any atom is 0.242 e. The van der Waals surface area contributed by atoms with Gasteiger partial charge in [0.05, 0.1) is 17.3 Å². The molecule has 2 atom stereocenters. The maximum absolute atomic E-state index is 13.5. The van der Waals surface area contributed by atoms with Gasteiger partial charge in [0.25, 0.3) is 0 Å². The number of carbonyl (C=O) groups excluding carboxylic acids is 2. The van der Waals surface area contributed by atoms with Gasteiger partial charge in [0.15, 0.2) is 12.2 Å². The number of hydrogen-bond donors (Lipinski definition) is 1. The van der Waals surface area contributed by atoms with Gasteiger partial charge in [-0.3, -0.25) is 9.59 Å². The molecule has 1 amide bonds. The van der Waals surface area contributed by atoms with Crippen molar-refractivity contribution in [1.82, 2.24) is 5.32 Å². The van der Waals surface area contributed by atoms with Crippen molar-refractivity contribution in [1.29, 1.82) is 0 Å². The van der Waals surface area contributed by atoms with E-state index in [0.29, 0.717) is 33.2 Å². The van der Waals surface area contributed by atoms with Gasteiger partial charge in [-0.1, -0.05) is 48.2 Å². The number of thiophene rings is 1. The fraction of sp³-hybridized carbons (Fsp3) is 0.370. The quantitative estimate of drug-likeness (QED) is 0.152. The lowest BCUT2D eigenvalue weighted by Crippen LogP contribution is -2.58. The smallest absolute Gasteiger partial charge is 0.242 e. The first kappa shape index (κ1) is 27.0. The predicted molar refractivity (Wildman–Crippen MR) is 149 cm³/mol. The lowest BCUT2D eigenvalue weighted by Gasteiger charge is -2.39. The largest absolute Gasteiger partial charge is 0.483 e. The number of amides is 1. The van der Waals surface area contributed by atoms with E-state index in [1.165, 1.54) is 43.4 Å². The van der Waals surface area contributed by atoms with Crippen molar-refractivity contribution < 1.29 is 14.3 Å². The van der Waals surface area contributed by atoms with Crippen LogP contribution in [0.1, 0.15) is 44.6 Å². The third kappa shape index (κ3) is 6.25. The number of rotatable bonds is 9. The zero-order valence-electron chi connectivity index (χ0n) is 19.9. The first-order chi connectivity index (χ1) is 17.4. The van der Waals surface area contributed by atoms with Gasteiger partial charge in [0.1, 0.15) is 10.8 Å². The zero-order chi connectivity index (χ0) is 25.5. The molecule has 1 aliphatic heterocycles. The molecule has 1 aromatic heterocycles. The molecule has 2 fully saturated rings. The molecule has 1 N–H and O–H groups in total. The second-order valence-electron chi connectivity index (χ2n) is 8.92. The molecule has 9 heteroatoms. The van der Waals surface area contributed by atoms with Gasteiger partial charge in [-0.2, -0.15) is 11.3 Å². The predicted octanol–water partition coefficient (Wildman–Crippen LogP) is 7.20. The van der Waals surface area contributed by atoms with Crippen molar-refractivity contribution in [3.63, 3.8) is 0 Å². The molecule has 190 valence electrons. The van der Waals surface area contributed by atoms with E-state index in [2.05, 4.69) is 10.3 Å². The normalized spacial score (nSPS) is 23.6. The molecule has 2 heterocycles. The van der Waals surface area contributed by atoms with Crippen LogP contribution in [0.2, 0.25) is 10.0 Å². The number of nitrogens with zero attached hydrogens (tertiary/aromatic N) is 1. The summed E-state index contributed by atoms with van der Waals surface area (Å²) in [7, 11) is 0. The van der Waals surface area contributed by atoms with Gasteiger partial charge in [-0.15, -0.1) is 11.8 Å². The Bertz CT molecular complexity index is 1150. The molecule has 1 saturated carbocycles. The van der Waals surface area contributed by atoms with E-state index in [9.17, 15) is 9.59 Å². The number of ketones is 1. The Balaban J connectivity index is 1.61. The summed E-state index contributed by atoms with van der Waals surface area (Å²) in [5.41, 5.74) is 0.257. The van der Waals surface area contributed by atoms with Crippen LogP contribution in [-0.2, 0) is 19.9 Å². The summed E-state index contributed by atoms with van der Waals surface area (Å²) in [4.78, 5) is 32.2. The van der Waals surface area contributed by atoms with Crippen LogP contribution in [0.3, 0.4) is 0 Å². The first-order valence-corrected chi connectivity index (χ1v) is 14.5. The molecule has 1 aliphatic carbocycles. The molecular weight excluding hydrogens is 535 g/mol. The standard InChI is InChI=1S/C27H28Cl2N2O3S2/c1-2-3-8-24(30-17-34-15-18-6-4-5-7-18)27(19-11-12-35-16-19)14-22(32)25(26(33)31-27)36-23-10-9-20(28)13-21(23)29/h2-3,8-13,16-18,25H,4-7,14-15H2,1H3,(H,31,33)/b3-2-,24-8-,30-17?. The number of aliphatic imine (C=N–C) groups is 1. The number of piperidine rings is 1. The highest BCUT2D eigenvalue weighted by molar-refractivity contribution is 8.01. The lowest BCUT2D eigenvalue weighted by molar-refractivity contribution is -0.133. The fourth-order valence-electron chi connectivity index (χ4n) is 4.55. The number of nitrogens with one attached hydrogen (secondary N) is 1. The number of Topliss-reactive ketones (excluding diaryl/α,β-unsaturated/α-hetero) is 1. The molecule has 0 radical (unpaired) electrons. The number of hydrogen-bond acceptors (Lipinski definition) is 6. The van der Waals surface area contributed by atoms with Gasteiger partial charge in [-0.25, -0.2) is 4.99 Å². The minimum Gasteiger partial charge on any atom is -0.483 e. The lowest BCUT2D eigenvalue weighted by atomic mass is 9.79. The van der Waals surface area contributed by atoms with Gasteiger partial charge in [0, 0.05) is 16.3 Å². The first-order valence-electron chi connectivity index (χ1n) is 11.9. The molecule has 1 saturated heterocycles. The maximum atomic E-state index is 13.5. The number of thioether (sulfide) groups is 1. The zero-order valence-corrected chi connectivity index (χ0v) is 23.1. The van der Waals surface area contributed by atoms with Crippen LogP contribution in [0.4, 0.5) is 0 Å². The Labute approximate surface area is 230 Å². The van der Waals surface area contributed by atoms with E-state index in [1.807, 2.05) is 42.0 Å². The number of halogens is 2. The summed E-state index contributed by atoms with van der Waals surface area (Å²) in [6, 6.07) is 6.93. The molecule has 5 nitrogen and oxygen atoms in total. The van der Waals surface area contributed by atoms with Gasteiger partial charge < -0.3 is 10.1 Å². The molecular formula is C27H28Cl2N2O3S2. The summed E-state index contributed by atoms with van der Waals surface area (Å²) in [5, 5.41) is 6.97. The van der Waals surface area contributed by atoms with Crippen LogP contribution in [0.25, 0.3) is 0 Å². The van der Waals surface area contributed by atoms with E-state index < -0.39 is 10.8 Å². The Morgan fingerprint density at radius 1 is 1.28 bits per heavy atom. The summed E-state index contributed by atoms with van der Waals surface area (Å²) in [6.07, 6.45) is 11.9. The number of ether oxygens (including phenoxy) is 1. The van der Waals surface area contributed by atoms with Crippen molar-refractivity contribution in [2.75, 3.05) is 6.61 Å². The minimum atomic E-state index is -1.10. The minimum absolute atomic E-state index is 0.0572. The SMILES string of the molecule is C/C=C\C=C(/N=COCC1CCCC1)C1(c2ccsc2)CC(=O)C(Sc2ccc(Cl)cc2Cl)C(=O)N1. The summed E-state index contributed by atoms with van der Waals surface area (Å²) in [6.45, 7) is 2.52. The molecule has 0 spiro atoms. The van der Waals surface area contributed by atoms with E-state index in [-0.39, 0.29) is 18.1 Å². The van der Waals surface area contributed by atoms with Crippen molar-refractivity contribution in [2.45, 2.75) is 54.7 Å². The molecule has 0 bridgehead atoms.